The first-order valence-corrected chi connectivity index (χ1v) is 13.5. The summed E-state index contributed by atoms with van der Waals surface area (Å²) in [6, 6.07) is 13.9. The van der Waals surface area contributed by atoms with Crippen molar-refractivity contribution in [3.63, 3.8) is 0 Å². The van der Waals surface area contributed by atoms with Crippen molar-refractivity contribution in [2.75, 3.05) is 30.4 Å². The molecule has 0 radical (unpaired) electrons. The summed E-state index contributed by atoms with van der Waals surface area (Å²) in [7, 11) is 1.34. The molecule has 13 heteroatoms. The molecule has 7 nitrogen and oxygen atoms in total. The second kappa shape index (κ2) is 11.5. The molecular weight excluding hydrogens is 584 g/mol. The smallest absolute Gasteiger partial charge is 0.419 e. The first-order chi connectivity index (χ1) is 19.6. The number of benzene rings is 2. The number of anilines is 2. The highest BCUT2D eigenvalue weighted by Gasteiger charge is 2.40. The van der Waals surface area contributed by atoms with Crippen LogP contribution in [0.1, 0.15) is 27.4 Å². The molecule has 1 amide bonds. The minimum absolute atomic E-state index is 0.0492. The lowest BCUT2D eigenvalue weighted by Gasteiger charge is -2.19. The third kappa shape index (κ3) is 5.89. The first kappa shape index (κ1) is 28.5. The van der Waals surface area contributed by atoms with Gasteiger partial charge in [0.25, 0.3) is 5.91 Å². The number of amides is 1. The quantitative estimate of drug-likeness (QED) is 0.196. The van der Waals surface area contributed by atoms with Crippen LogP contribution in [-0.2, 0) is 15.7 Å². The Morgan fingerprint density at radius 1 is 1.12 bits per heavy atom. The summed E-state index contributed by atoms with van der Waals surface area (Å²) >= 11 is 7.44. The van der Waals surface area contributed by atoms with Crippen LogP contribution in [0.4, 0.5) is 28.5 Å². The fourth-order valence-electron chi connectivity index (χ4n) is 4.77. The largest absolute Gasteiger partial charge is 0.469 e. The molecule has 3 heterocycles. The molecule has 2 aromatic heterocycles. The molecule has 212 valence electrons. The van der Waals surface area contributed by atoms with Gasteiger partial charge >= 0.3 is 12.1 Å². The summed E-state index contributed by atoms with van der Waals surface area (Å²) in [5.74, 6) is -2.60. The highest BCUT2D eigenvalue weighted by molar-refractivity contribution is 7.14. The molecule has 0 saturated carbocycles. The van der Waals surface area contributed by atoms with Crippen molar-refractivity contribution in [3.05, 3.63) is 93.7 Å². The van der Waals surface area contributed by atoms with Crippen LogP contribution in [-0.4, -0.2) is 42.0 Å². The molecule has 1 N–H and O–H groups in total. The lowest BCUT2D eigenvalue weighted by molar-refractivity contribution is -0.145. The Kier molecular flexibility index (Phi) is 7.96. The van der Waals surface area contributed by atoms with E-state index in [0.29, 0.717) is 25.0 Å². The number of nitrogens with one attached hydrogen (secondary N) is 1. The average Bonchev–Trinajstić information content (AvgIpc) is 3.60. The van der Waals surface area contributed by atoms with E-state index in [4.69, 9.17) is 16.3 Å². The van der Waals surface area contributed by atoms with E-state index in [1.54, 1.807) is 0 Å². The molecule has 4 aromatic rings. The minimum atomic E-state index is -4.86. The highest BCUT2D eigenvalue weighted by Crippen LogP contribution is 2.39. The fraction of sp³-hybridized carbons (Fsp3) is 0.214. The standard InChI is InChI=1S/C28H21ClF4N4O3S/c1-40-26(39)19-13-37(12-18(19)15-6-3-2-4-7-15)24-21(29)10-16(11-34-24)25(38)36-27-35-22(14-41-27)17-8-5-9-20(23(17)30)28(31,32)33/h2-11,14,18-19H,12-13H2,1H3,(H,35,36,38). The van der Waals surface area contributed by atoms with E-state index >= 15 is 0 Å². The van der Waals surface area contributed by atoms with Crippen molar-refractivity contribution in [1.29, 1.82) is 0 Å². The summed E-state index contributed by atoms with van der Waals surface area (Å²) in [5, 5.41) is 4.11. The van der Waals surface area contributed by atoms with E-state index in [1.165, 1.54) is 30.8 Å². The van der Waals surface area contributed by atoms with Gasteiger partial charge in [-0.2, -0.15) is 13.2 Å². The Labute approximate surface area is 240 Å². The maximum absolute atomic E-state index is 14.5. The summed E-state index contributed by atoms with van der Waals surface area (Å²) < 4.78 is 58.8. The monoisotopic (exact) mass is 604 g/mol. The van der Waals surface area contributed by atoms with Crippen LogP contribution in [0.3, 0.4) is 0 Å². The molecule has 1 fully saturated rings. The van der Waals surface area contributed by atoms with Gasteiger partial charge in [0.2, 0.25) is 0 Å². The number of rotatable bonds is 6. The number of esters is 1. The lowest BCUT2D eigenvalue weighted by atomic mass is 9.89. The van der Waals surface area contributed by atoms with Crippen molar-refractivity contribution in [3.8, 4) is 11.3 Å². The molecular formula is C28H21ClF4N4O3S. The van der Waals surface area contributed by atoms with Crippen molar-refractivity contribution in [2.45, 2.75) is 12.1 Å². The van der Waals surface area contributed by atoms with Gasteiger partial charge in [0.1, 0.15) is 11.6 Å². The molecule has 0 aliphatic carbocycles. The number of methoxy groups -OCH3 is 1. The third-order valence-electron chi connectivity index (χ3n) is 6.74. The molecule has 1 aliphatic heterocycles. The second-order valence-electron chi connectivity index (χ2n) is 9.24. The van der Waals surface area contributed by atoms with Crippen molar-refractivity contribution >= 4 is 45.8 Å². The number of halogens is 5. The summed E-state index contributed by atoms with van der Waals surface area (Å²) in [5.41, 5.74) is -0.715. The maximum Gasteiger partial charge on any atom is 0.419 e. The van der Waals surface area contributed by atoms with Gasteiger partial charge in [-0.1, -0.05) is 48.0 Å². The number of hydrogen-bond acceptors (Lipinski definition) is 7. The van der Waals surface area contributed by atoms with Gasteiger partial charge in [0, 0.05) is 36.1 Å². The van der Waals surface area contributed by atoms with Gasteiger partial charge in [-0.25, -0.2) is 14.4 Å². The topological polar surface area (TPSA) is 84.4 Å². The second-order valence-corrected chi connectivity index (χ2v) is 10.5. The number of aromatic nitrogens is 2. The zero-order valence-electron chi connectivity index (χ0n) is 21.3. The molecule has 2 atom stereocenters. The van der Waals surface area contributed by atoms with Crippen LogP contribution in [0.15, 0.2) is 66.2 Å². The van der Waals surface area contributed by atoms with E-state index in [9.17, 15) is 27.2 Å². The third-order valence-corrected chi connectivity index (χ3v) is 7.78. The predicted molar refractivity (Wildman–Crippen MR) is 147 cm³/mol. The molecule has 2 aromatic carbocycles. The maximum atomic E-state index is 14.5. The predicted octanol–water partition coefficient (Wildman–Crippen LogP) is 6.66. The normalized spacial score (nSPS) is 17.0. The highest BCUT2D eigenvalue weighted by atomic mass is 35.5. The lowest BCUT2D eigenvalue weighted by Crippen LogP contribution is -2.25. The zero-order valence-corrected chi connectivity index (χ0v) is 22.9. The Hall–Kier alpha value is -4.03. The van der Waals surface area contributed by atoms with Gasteiger partial charge in [-0.05, 0) is 23.8 Å². The summed E-state index contributed by atoms with van der Waals surface area (Å²) in [6.45, 7) is 0.772. The van der Waals surface area contributed by atoms with Crippen LogP contribution >= 0.6 is 22.9 Å². The van der Waals surface area contributed by atoms with Crippen molar-refractivity contribution in [2.24, 2.45) is 5.92 Å². The van der Waals surface area contributed by atoms with Crippen LogP contribution < -0.4 is 10.2 Å². The molecule has 5 rings (SSSR count). The Morgan fingerprint density at radius 3 is 2.56 bits per heavy atom. The number of carbonyl (C=O) groups is 2. The van der Waals surface area contributed by atoms with Gasteiger partial charge < -0.3 is 9.64 Å². The van der Waals surface area contributed by atoms with Crippen LogP contribution in [0, 0.1) is 11.7 Å². The number of pyridine rings is 1. The van der Waals surface area contributed by atoms with Gasteiger partial charge in [-0.15, -0.1) is 11.3 Å². The van der Waals surface area contributed by atoms with Crippen LogP contribution in [0.5, 0.6) is 0 Å². The molecule has 0 spiro atoms. The fourth-order valence-corrected chi connectivity index (χ4v) is 5.76. The first-order valence-electron chi connectivity index (χ1n) is 12.2. The number of hydrogen-bond donors (Lipinski definition) is 1. The summed E-state index contributed by atoms with van der Waals surface area (Å²) in [4.78, 5) is 35.7. The van der Waals surface area contributed by atoms with E-state index in [-0.39, 0.29) is 38.9 Å². The number of nitrogens with zero attached hydrogens (tertiary/aromatic N) is 3. The molecule has 1 aliphatic rings. The zero-order chi connectivity index (χ0) is 29.3. The Balaban J connectivity index is 1.32. The van der Waals surface area contributed by atoms with Crippen molar-refractivity contribution in [1.82, 2.24) is 9.97 Å². The number of ether oxygens (including phenoxy) is 1. The van der Waals surface area contributed by atoms with E-state index in [2.05, 4.69) is 15.3 Å². The number of carbonyl (C=O) groups excluding carboxylic acids is 2. The molecule has 0 bridgehead atoms. The molecule has 2 unspecified atom stereocenters. The van der Waals surface area contributed by atoms with E-state index in [0.717, 1.165) is 23.0 Å². The Bertz CT molecular complexity index is 1600. The molecule has 41 heavy (non-hydrogen) atoms. The Morgan fingerprint density at radius 2 is 1.88 bits per heavy atom. The van der Waals surface area contributed by atoms with Gasteiger partial charge in [-0.3, -0.25) is 14.9 Å². The number of thiazole rings is 1. The molecule has 1 saturated heterocycles. The van der Waals surface area contributed by atoms with E-state index < -0.39 is 29.4 Å². The SMILES string of the molecule is COC(=O)C1CN(c2ncc(C(=O)Nc3nc(-c4cccc(C(F)(F)F)c4F)cs3)cc2Cl)CC1c1ccccc1. The number of alkyl halides is 3. The van der Waals surface area contributed by atoms with Gasteiger partial charge in [0.05, 0.1) is 34.9 Å². The minimum Gasteiger partial charge on any atom is -0.469 e. The van der Waals surface area contributed by atoms with E-state index in [1.807, 2.05) is 35.2 Å². The summed E-state index contributed by atoms with van der Waals surface area (Å²) in [6.07, 6.45) is -3.54. The van der Waals surface area contributed by atoms with Crippen LogP contribution in [0.25, 0.3) is 11.3 Å². The average molecular weight is 605 g/mol. The van der Waals surface area contributed by atoms with Gasteiger partial charge in [0.15, 0.2) is 5.13 Å². The van der Waals surface area contributed by atoms with Crippen molar-refractivity contribution < 1.29 is 31.9 Å². The van der Waals surface area contributed by atoms with Crippen LogP contribution in [0.2, 0.25) is 5.02 Å².